The van der Waals surface area contributed by atoms with Crippen LogP contribution in [0.2, 0.25) is 0 Å². The lowest BCUT2D eigenvalue weighted by molar-refractivity contribution is 0.192. The first kappa shape index (κ1) is 13.9. The molecular formula is C13H20FNO2. The molecule has 0 bridgehead atoms. The number of nitrogens with one attached hydrogen (secondary N) is 1. The molecule has 1 aromatic carbocycles. The highest BCUT2D eigenvalue weighted by Crippen LogP contribution is 2.14. The second-order valence-corrected chi connectivity index (χ2v) is 4.05. The van der Waals surface area contributed by atoms with Crippen molar-refractivity contribution in [1.29, 1.82) is 0 Å². The minimum absolute atomic E-state index is 0.0260. The van der Waals surface area contributed by atoms with Gasteiger partial charge in [0.2, 0.25) is 0 Å². The van der Waals surface area contributed by atoms with Crippen molar-refractivity contribution < 1.29 is 14.2 Å². The van der Waals surface area contributed by atoms with E-state index in [4.69, 9.17) is 4.74 Å². The average molecular weight is 241 g/mol. The maximum absolute atomic E-state index is 12.9. The van der Waals surface area contributed by atoms with Gasteiger partial charge in [0.15, 0.2) is 0 Å². The largest absolute Gasteiger partial charge is 0.508 e. The first-order valence-electron chi connectivity index (χ1n) is 5.90. The smallest absolute Gasteiger partial charge is 0.127 e. The summed E-state index contributed by atoms with van der Waals surface area (Å²) in [4.78, 5) is 0. The van der Waals surface area contributed by atoms with Gasteiger partial charge in [-0.3, -0.25) is 0 Å². The third kappa shape index (κ3) is 6.24. The number of rotatable bonds is 8. The summed E-state index contributed by atoms with van der Waals surface area (Å²) in [6.07, 6.45) is 3.26. The second kappa shape index (κ2) is 8.03. The standard InChI is InChI=1S/C13H20FNO2/c1-17-6-4-2-3-5-15-10-11-7-12(14)9-13(16)8-11/h7-9,15-16H,2-6,10H2,1H3. The van der Waals surface area contributed by atoms with Crippen LogP contribution in [0.15, 0.2) is 18.2 Å². The van der Waals surface area contributed by atoms with Crippen LogP contribution in [0.1, 0.15) is 24.8 Å². The van der Waals surface area contributed by atoms with Crippen molar-refractivity contribution in [3.63, 3.8) is 0 Å². The number of ether oxygens (including phenoxy) is 1. The van der Waals surface area contributed by atoms with Crippen LogP contribution in [-0.2, 0) is 11.3 Å². The SMILES string of the molecule is COCCCCCNCc1cc(O)cc(F)c1. The van der Waals surface area contributed by atoms with Gasteiger partial charge in [-0.05, 0) is 43.5 Å². The molecule has 4 heteroatoms. The van der Waals surface area contributed by atoms with Crippen molar-refractivity contribution in [2.24, 2.45) is 0 Å². The molecule has 0 radical (unpaired) electrons. The van der Waals surface area contributed by atoms with Gasteiger partial charge in [-0.25, -0.2) is 4.39 Å². The maximum atomic E-state index is 12.9. The van der Waals surface area contributed by atoms with Gasteiger partial charge in [0, 0.05) is 26.3 Å². The molecule has 0 unspecified atom stereocenters. The van der Waals surface area contributed by atoms with Crippen molar-refractivity contribution in [2.75, 3.05) is 20.3 Å². The van der Waals surface area contributed by atoms with Gasteiger partial charge in [-0.1, -0.05) is 0 Å². The Morgan fingerprint density at radius 2 is 2.06 bits per heavy atom. The van der Waals surface area contributed by atoms with Crippen LogP contribution in [0.3, 0.4) is 0 Å². The Morgan fingerprint density at radius 1 is 1.24 bits per heavy atom. The molecule has 0 fully saturated rings. The molecule has 0 saturated heterocycles. The molecule has 1 aromatic rings. The van der Waals surface area contributed by atoms with Crippen molar-refractivity contribution in [2.45, 2.75) is 25.8 Å². The third-order valence-corrected chi connectivity index (χ3v) is 2.47. The minimum atomic E-state index is -0.401. The monoisotopic (exact) mass is 241 g/mol. The van der Waals surface area contributed by atoms with E-state index in [1.807, 2.05) is 0 Å². The van der Waals surface area contributed by atoms with E-state index in [2.05, 4.69) is 5.32 Å². The summed E-state index contributed by atoms with van der Waals surface area (Å²) in [5.41, 5.74) is 0.763. The van der Waals surface area contributed by atoms with E-state index in [1.165, 1.54) is 6.07 Å². The first-order valence-corrected chi connectivity index (χ1v) is 5.90. The average Bonchev–Trinajstić information content (AvgIpc) is 2.26. The van der Waals surface area contributed by atoms with Gasteiger partial charge in [0.25, 0.3) is 0 Å². The number of halogens is 1. The molecule has 0 aliphatic heterocycles. The Kier molecular flexibility index (Phi) is 6.58. The number of hydrogen-bond donors (Lipinski definition) is 2. The van der Waals surface area contributed by atoms with E-state index >= 15 is 0 Å². The van der Waals surface area contributed by atoms with Gasteiger partial charge in [-0.15, -0.1) is 0 Å². The zero-order valence-electron chi connectivity index (χ0n) is 10.2. The fraction of sp³-hybridized carbons (Fsp3) is 0.538. The Bertz CT molecular complexity index is 311. The van der Waals surface area contributed by atoms with E-state index in [0.29, 0.717) is 6.54 Å². The predicted octanol–water partition coefficient (Wildman–Crippen LogP) is 2.44. The highest BCUT2D eigenvalue weighted by molar-refractivity contribution is 5.28. The van der Waals surface area contributed by atoms with E-state index in [1.54, 1.807) is 13.2 Å². The van der Waals surface area contributed by atoms with Crippen molar-refractivity contribution >= 4 is 0 Å². The number of phenolic OH excluding ortho intramolecular Hbond substituents is 1. The topological polar surface area (TPSA) is 41.5 Å². The van der Waals surface area contributed by atoms with Crippen LogP contribution < -0.4 is 5.32 Å². The zero-order valence-corrected chi connectivity index (χ0v) is 10.2. The maximum Gasteiger partial charge on any atom is 0.127 e. The Hall–Kier alpha value is -1.13. The lowest BCUT2D eigenvalue weighted by Gasteiger charge is -2.05. The molecule has 0 aliphatic carbocycles. The zero-order chi connectivity index (χ0) is 12.5. The number of unbranched alkanes of at least 4 members (excludes halogenated alkanes) is 2. The fourth-order valence-corrected chi connectivity index (χ4v) is 1.64. The third-order valence-electron chi connectivity index (χ3n) is 2.47. The molecule has 0 saturated carbocycles. The summed E-state index contributed by atoms with van der Waals surface area (Å²) in [6.45, 7) is 2.27. The predicted molar refractivity (Wildman–Crippen MR) is 65.5 cm³/mol. The van der Waals surface area contributed by atoms with Gasteiger partial charge in [0.05, 0.1) is 0 Å². The molecule has 17 heavy (non-hydrogen) atoms. The summed E-state index contributed by atoms with van der Waals surface area (Å²) in [7, 11) is 1.70. The summed E-state index contributed by atoms with van der Waals surface area (Å²) in [5.74, 6) is -0.427. The number of benzene rings is 1. The van der Waals surface area contributed by atoms with Crippen molar-refractivity contribution in [3.05, 3.63) is 29.6 Å². The van der Waals surface area contributed by atoms with Crippen LogP contribution in [0.5, 0.6) is 5.75 Å². The normalized spacial score (nSPS) is 10.7. The molecular weight excluding hydrogens is 221 g/mol. The Labute approximate surface area is 102 Å². The van der Waals surface area contributed by atoms with Gasteiger partial charge >= 0.3 is 0 Å². The summed E-state index contributed by atoms with van der Waals surface area (Å²) in [6, 6.07) is 4.10. The molecule has 0 heterocycles. The summed E-state index contributed by atoms with van der Waals surface area (Å²) >= 11 is 0. The van der Waals surface area contributed by atoms with Gasteiger partial charge in [-0.2, -0.15) is 0 Å². The Morgan fingerprint density at radius 3 is 2.76 bits per heavy atom. The second-order valence-electron chi connectivity index (χ2n) is 4.05. The number of hydrogen-bond acceptors (Lipinski definition) is 3. The fourth-order valence-electron chi connectivity index (χ4n) is 1.64. The molecule has 3 nitrogen and oxygen atoms in total. The Balaban J connectivity index is 2.13. The van der Waals surface area contributed by atoms with Crippen LogP contribution in [0.4, 0.5) is 4.39 Å². The molecule has 0 atom stereocenters. The highest BCUT2D eigenvalue weighted by Gasteiger charge is 1.99. The molecule has 1 rings (SSSR count). The van der Waals surface area contributed by atoms with Gasteiger partial charge in [0.1, 0.15) is 11.6 Å². The van der Waals surface area contributed by atoms with Crippen LogP contribution >= 0.6 is 0 Å². The number of phenols is 1. The highest BCUT2D eigenvalue weighted by atomic mass is 19.1. The summed E-state index contributed by atoms with van der Waals surface area (Å²) in [5, 5.41) is 12.4. The molecule has 0 aliphatic rings. The molecule has 2 N–H and O–H groups in total. The lowest BCUT2D eigenvalue weighted by Crippen LogP contribution is -2.14. The van der Waals surface area contributed by atoms with E-state index in [-0.39, 0.29) is 5.75 Å². The van der Waals surface area contributed by atoms with Crippen LogP contribution in [0.25, 0.3) is 0 Å². The van der Waals surface area contributed by atoms with E-state index in [9.17, 15) is 9.50 Å². The molecule has 96 valence electrons. The molecule has 0 aromatic heterocycles. The van der Waals surface area contributed by atoms with Gasteiger partial charge < -0.3 is 15.2 Å². The van der Waals surface area contributed by atoms with Crippen molar-refractivity contribution in [1.82, 2.24) is 5.32 Å². The van der Waals surface area contributed by atoms with Crippen LogP contribution in [0, 0.1) is 5.82 Å². The number of methoxy groups -OCH3 is 1. The van der Waals surface area contributed by atoms with Crippen molar-refractivity contribution in [3.8, 4) is 5.75 Å². The quantitative estimate of drug-likeness (QED) is 0.687. The van der Waals surface area contributed by atoms with Crippen LogP contribution in [-0.4, -0.2) is 25.4 Å². The molecule has 0 amide bonds. The van der Waals surface area contributed by atoms with E-state index in [0.717, 1.165) is 44.0 Å². The summed E-state index contributed by atoms with van der Waals surface area (Å²) < 4.78 is 17.9. The minimum Gasteiger partial charge on any atom is -0.508 e. The lowest BCUT2D eigenvalue weighted by atomic mass is 10.2. The van der Waals surface area contributed by atoms with E-state index < -0.39 is 5.82 Å². The molecule has 0 spiro atoms. The number of aromatic hydroxyl groups is 1. The first-order chi connectivity index (χ1) is 8.22.